The molecule has 114 valence electrons. The molecule has 1 heterocycles. The second-order valence-electron chi connectivity index (χ2n) is 5.59. The molecule has 1 aliphatic rings. The summed E-state index contributed by atoms with van der Waals surface area (Å²) in [7, 11) is -2.94. The van der Waals surface area contributed by atoms with E-state index in [1.165, 1.54) is 0 Å². The van der Waals surface area contributed by atoms with E-state index in [0.717, 1.165) is 39.1 Å². The van der Waals surface area contributed by atoms with Crippen LogP contribution in [-0.4, -0.2) is 56.0 Å². The zero-order chi connectivity index (χ0) is 14.3. The molecular formula is C13H29N2O3P. The van der Waals surface area contributed by atoms with Gasteiger partial charge in [0.15, 0.2) is 0 Å². The molecule has 0 spiro atoms. The van der Waals surface area contributed by atoms with E-state index in [1.54, 1.807) is 0 Å². The van der Waals surface area contributed by atoms with Gasteiger partial charge in [-0.1, -0.05) is 0 Å². The molecule has 5 nitrogen and oxygen atoms in total. The van der Waals surface area contributed by atoms with Gasteiger partial charge in [-0.05, 0) is 40.7 Å². The molecule has 0 unspecified atom stereocenters. The van der Waals surface area contributed by atoms with E-state index in [2.05, 4.69) is 10.2 Å². The predicted octanol–water partition coefficient (Wildman–Crippen LogP) is 2.32. The summed E-state index contributed by atoms with van der Waals surface area (Å²) in [6.07, 6.45) is 1.23. The maximum Gasteiger partial charge on any atom is 0.331 e. The molecule has 1 rings (SSSR count). The van der Waals surface area contributed by atoms with E-state index < -0.39 is 7.60 Å². The molecule has 1 N–H and O–H groups in total. The van der Waals surface area contributed by atoms with Gasteiger partial charge in [0, 0.05) is 26.2 Å². The molecular weight excluding hydrogens is 263 g/mol. The van der Waals surface area contributed by atoms with Gasteiger partial charge in [-0.25, -0.2) is 0 Å². The normalized spacial score (nSPS) is 18.4. The molecule has 6 heteroatoms. The number of hydrogen-bond donors (Lipinski definition) is 1. The largest absolute Gasteiger partial charge is 0.331 e. The lowest BCUT2D eigenvalue weighted by Crippen LogP contribution is -2.43. The number of rotatable bonds is 8. The SMILES string of the molecule is CC(C)OP(=O)(CCCN1CCNCC1)OC(C)C. The standard InChI is InChI=1S/C13H29N2O3P/c1-12(2)17-19(16,18-13(3)4)11-5-8-15-9-6-14-7-10-15/h12-14H,5-11H2,1-4H3. The van der Waals surface area contributed by atoms with E-state index in [0.29, 0.717) is 6.16 Å². The summed E-state index contributed by atoms with van der Waals surface area (Å²) in [5.41, 5.74) is 0. The number of nitrogens with zero attached hydrogens (tertiary/aromatic N) is 1. The Bertz CT molecular complexity index is 278. The van der Waals surface area contributed by atoms with Crippen LogP contribution >= 0.6 is 7.60 Å². The smallest absolute Gasteiger partial charge is 0.314 e. The average Bonchev–Trinajstić information content (AvgIpc) is 2.27. The first-order valence-corrected chi connectivity index (χ1v) is 9.03. The van der Waals surface area contributed by atoms with E-state index in [4.69, 9.17) is 9.05 Å². The number of nitrogens with one attached hydrogen (secondary N) is 1. The summed E-state index contributed by atoms with van der Waals surface area (Å²) in [6.45, 7) is 12.8. The van der Waals surface area contributed by atoms with Crippen LogP contribution in [0.25, 0.3) is 0 Å². The Balaban J connectivity index is 2.36. The Morgan fingerprint density at radius 1 is 1.11 bits per heavy atom. The molecule has 0 radical (unpaired) electrons. The summed E-state index contributed by atoms with van der Waals surface area (Å²) in [5.74, 6) is 0. The van der Waals surface area contributed by atoms with Gasteiger partial charge in [-0.3, -0.25) is 4.57 Å². The lowest BCUT2D eigenvalue weighted by atomic mass is 10.3. The highest BCUT2D eigenvalue weighted by Gasteiger charge is 2.27. The summed E-state index contributed by atoms with van der Waals surface area (Å²) in [5, 5.41) is 3.33. The maximum absolute atomic E-state index is 12.6. The topological polar surface area (TPSA) is 50.8 Å². The molecule has 0 aromatic heterocycles. The van der Waals surface area contributed by atoms with Gasteiger partial charge < -0.3 is 19.3 Å². The minimum atomic E-state index is -2.94. The molecule has 0 aliphatic carbocycles. The van der Waals surface area contributed by atoms with Gasteiger partial charge in [-0.15, -0.1) is 0 Å². The Morgan fingerprint density at radius 3 is 2.11 bits per heavy atom. The van der Waals surface area contributed by atoms with E-state index in [1.807, 2.05) is 27.7 Å². The van der Waals surface area contributed by atoms with Crippen LogP contribution in [0.5, 0.6) is 0 Å². The van der Waals surface area contributed by atoms with Crippen molar-refractivity contribution in [1.29, 1.82) is 0 Å². The molecule has 0 aromatic rings. The quantitative estimate of drug-likeness (QED) is 0.696. The molecule has 19 heavy (non-hydrogen) atoms. The van der Waals surface area contributed by atoms with Crippen molar-refractivity contribution in [3.8, 4) is 0 Å². The minimum absolute atomic E-state index is 0.0660. The zero-order valence-corrected chi connectivity index (χ0v) is 13.6. The zero-order valence-electron chi connectivity index (χ0n) is 12.7. The van der Waals surface area contributed by atoms with Crippen molar-refractivity contribution < 1.29 is 13.6 Å². The van der Waals surface area contributed by atoms with Crippen molar-refractivity contribution >= 4 is 7.60 Å². The van der Waals surface area contributed by atoms with E-state index in [9.17, 15) is 4.57 Å². The van der Waals surface area contributed by atoms with Crippen molar-refractivity contribution in [2.45, 2.75) is 46.3 Å². The fraction of sp³-hybridized carbons (Fsp3) is 1.00. The molecule has 1 aliphatic heterocycles. The van der Waals surface area contributed by atoms with Crippen molar-refractivity contribution in [2.24, 2.45) is 0 Å². The first-order chi connectivity index (χ1) is 8.91. The van der Waals surface area contributed by atoms with Crippen molar-refractivity contribution in [3.05, 3.63) is 0 Å². The van der Waals surface area contributed by atoms with Crippen LogP contribution in [-0.2, 0) is 13.6 Å². The molecule has 1 saturated heterocycles. The lowest BCUT2D eigenvalue weighted by molar-refractivity contribution is 0.141. The maximum atomic E-state index is 12.6. The van der Waals surface area contributed by atoms with Crippen LogP contribution in [0.15, 0.2) is 0 Å². The number of piperazine rings is 1. The third-order valence-electron chi connectivity index (χ3n) is 2.86. The Kier molecular flexibility index (Phi) is 7.55. The minimum Gasteiger partial charge on any atom is -0.314 e. The summed E-state index contributed by atoms with van der Waals surface area (Å²) >= 11 is 0. The summed E-state index contributed by atoms with van der Waals surface area (Å²) in [6, 6.07) is 0. The third kappa shape index (κ3) is 7.42. The molecule has 0 amide bonds. The highest BCUT2D eigenvalue weighted by atomic mass is 31.2. The van der Waals surface area contributed by atoms with Crippen LogP contribution in [0.2, 0.25) is 0 Å². The third-order valence-corrected chi connectivity index (χ3v) is 5.21. The Morgan fingerprint density at radius 2 is 1.63 bits per heavy atom. The lowest BCUT2D eigenvalue weighted by Gasteiger charge is -2.28. The van der Waals surface area contributed by atoms with Gasteiger partial charge in [-0.2, -0.15) is 0 Å². The second-order valence-corrected chi connectivity index (χ2v) is 7.68. The predicted molar refractivity (Wildman–Crippen MR) is 78.8 cm³/mol. The molecule has 0 atom stereocenters. The molecule has 0 aromatic carbocycles. The van der Waals surface area contributed by atoms with Crippen LogP contribution in [0, 0.1) is 0 Å². The van der Waals surface area contributed by atoms with Crippen molar-refractivity contribution in [2.75, 3.05) is 38.9 Å². The fourth-order valence-corrected chi connectivity index (χ4v) is 4.27. The van der Waals surface area contributed by atoms with Gasteiger partial charge in [0.25, 0.3) is 0 Å². The van der Waals surface area contributed by atoms with E-state index >= 15 is 0 Å². The molecule has 0 bridgehead atoms. The Labute approximate surface area is 117 Å². The van der Waals surface area contributed by atoms with Gasteiger partial charge in [0.1, 0.15) is 0 Å². The first kappa shape index (κ1) is 17.1. The average molecular weight is 292 g/mol. The summed E-state index contributed by atoms with van der Waals surface area (Å²) in [4.78, 5) is 2.39. The number of hydrogen-bond acceptors (Lipinski definition) is 5. The van der Waals surface area contributed by atoms with Crippen LogP contribution < -0.4 is 5.32 Å². The van der Waals surface area contributed by atoms with Crippen molar-refractivity contribution in [1.82, 2.24) is 10.2 Å². The van der Waals surface area contributed by atoms with Crippen LogP contribution in [0.1, 0.15) is 34.1 Å². The van der Waals surface area contributed by atoms with Crippen molar-refractivity contribution in [3.63, 3.8) is 0 Å². The highest BCUT2D eigenvalue weighted by Crippen LogP contribution is 2.50. The second kappa shape index (κ2) is 8.38. The van der Waals surface area contributed by atoms with E-state index in [-0.39, 0.29) is 12.2 Å². The monoisotopic (exact) mass is 292 g/mol. The Hall–Kier alpha value is 0.0700. The molecule has 1 fully saturated rings. The van der Waals surface area contributed by atoms with Crippen LogP contribution in [0.4, 0.5) is 0 Å². The highest BCUT2D eigenvalue weighted by molar-refractivity contribution is 7.53. The molecule has 0 saturated carbocycles. The van der Waals surface area contributed by atoms with Gasteiger partial charge in [0.05, 0.1) is 18.4 Å². The first-order valence-electron chi connectivity index (χ1n) is 7.30. The summed E-state index contributed by atoms with van der Waals surface area (Å²) < 4.78 is 23.7. The van der Waals surface area contributed by atoms with Gasteiger partial charge >= 0.3 is 7.60 Å². The van der Waals surface area contributed by atoms with Gasteiger partial charge in [0.2, 0.25) is 0 Å². The fourth-order valence-electron chi connectivity index (χ4n) is 2.20. The van der Waals surface area contributed by atoms with Crippen LogP contribution in [0.3, 0.4) is 0 Å².